The Morgan fingerprint density at radius 3 is 2.58 bits per heavy atom. The Balaban J connectivity index is 1.37. The molecule has 11 heteroatoms. The molecular formula is C22H15F4N5OS. The molecule has 0 bridgehead atoms. The van der Waals surface area contributed by atoms with Crippen molar-refractivity contribution in [1.82, 2.24) is 24.6 Å². The van der Waals surface area contributed by atoms with Crippen LogP contribution in [0.1, 0.15) is 21.7 Å². The van der Waals surface area contributed by atoms with Crippen molar-refractivity contribution in [3.63, 3.8) is 0 Å². The number of aromatic nitrogens is 4. The smallest absolute Gasteiger partial charge is 0.329 e. The molecule has 0 saturated carbocycles. The molecule has 0 radical (unpaired) electrons. The molecule has 6 nitrogen and oxygen atoms in total. The van der Waals surface area contributed by atoms with Gasteiger partial charge in [-0.05, 0) is 36.4 Å². The Labute approximate surface area is 189 Å². The number of fused-ring (bicyclic) bond motifs is 1. The number of benzene rings is 2. The molecule has 0 fully saturated rings. The average Bonchev–Trinajstić information content (AvgIpc) is 3.45. The molecule has 2 aromatic heterocycles. The van der Waals surface area contributed by atoms with Crippen molar-refractivity contribution in [3.8, 4) is 22.1 Å². The van der Waals surface area contributed by atoms with Crippen LogP contribution in [0, 0.1) is 5.82 Å². The number of carbonyl (C=O) groups excluding carboxylic acids is 1. The largest absolute Gasteiger partial charge is 0.416 e. The number of amides is 1. The minimum atomic E-state index is -4.43. The van der Waals surface area contributed by atoms with Crippen molar-refractivity contribution in [2.45, 2.75) is 19.3 Å². The van der Waals surface area contributed by atoms with Gasteiger partial charge in [-0.1, -0.05) is 12.1 Å². The van der Waals surface area contributed by atoms with Crippen molar-refractivity contribution >= 4 is 17.2 Å². The van der Waals surface area contributed by atoms with E-state index in [0.29, 0.717) is 46.6 Å². The van der Waals surface area contributed by atoms with Crippen LogP contribution in [0.2, 0.25) is 0 Å². The first-order valence-electron chi connectivity index (χ1n) is 9.90. The molecule has 0 spiro atoms. The summed E-state index contributed by atoms with van der Waals surface area (Å²) in [6.07, 6.45) is -4.43. The monoisotopic (exact) mass is 473 g/mol. The number of hydrogen-bond donors (Lipinski definition) is 0. The van der Waals surface area contributed by atoms with Crippen molar-refractivity contribution in [2.24, 2.45) is 0 Å². The van der Waals surface area contributed by atoms with Crippen LogP contribution in [-0.2, 0) is 19.3 Å². The number of rotatable bonds is 3. The van der Waals surface area contributed by atoms with E-state index in [2.05, 4.69) is 15.2 Å². The Morgan fingerprint density at radius 1 is 1.03 bits per heavy atom. The van der Waals surface area contributed by atoms with Crippen molar-refractivity contribution in [1.29, 1.82) is 0 Å². The fraction of sp³-hybridized carbons (Fsp3) is 0.182. The normalized spacial score (nSPS) is 13.8. The molecule has 33 heavy (non-hydrogen) atoms. The third-order valence-corrected chi connectivity index (χ3v) is 6.19. The van der Waals surface area contributed by atoms with Gasteiger partial charge >= 0.3 is 6.18 Å². The molecule has 5 rings (SSSR count). The van der Waals surface area contributed by atoms with Gasteiger partial charge < -0.3 is 9.47 Å². The second-order valence-electron chi connectivity index (χ2n) is 7.44. The molecule has 2 aromatic carbocycles. The highest BCUT2D eigenvalue weighted by Gasteiger charge is 2.31. The summed E-state index contributed by atoms with van der Waals surface area (Å²) in [6.45, 7) is 1.06. The second-order valence-corrected chi connectivity index (χ2v) is 8.30. The third-order valence-electron chi connectivity index (χ3n) is 5.30. The number of carbonyl (C=O) groups is 1. The zero-order valence-electron chi connectivity index (χ0n) is 16.9. The molecule has 3 heterocycles. The average molecular weight is 473 g/mol. The van der Waals surface area contributed by atoms with Gasteiger partial charge in [-0.15, -0.1) is 21.5 Å². The van der Waals surface area contributed by atoms with E-state index in [1.807, 2.05) is 4.57 Å². The first kappa shape index (κ1) is 21.3. The van der Waals surface area contributed by atoms with Gasteiger partial charge in [0.05, 0.1) is 12.1 Å². The van der Waals surface area contributed by atoms with E-state index in [1.165, 1.54) is 41.7 Å². The summed E-state index contributed by atoms with van der Waals surface area (Å²) in [6, 6.07) is 10.4. The van der Waals surface area contributed by atoms with Crippen LogP contribution in [0.3, 0.4) is 0 Å². The maximum absolute atomic E-state index is 13.1. The van der Waals surface area contributed by atoms with E-state index in [9.17, 15) is 22.4 Å². The number of alkyl halides is 3. The molecule has 4 aromatic rings. The van der Waals surface area contributed by atoms with E-state index in [4.69, 9.17) is 0 Å². The van der Waals surface area contributed by atoms with Crippen LogP contribution in [0.15, 0.2) is 53.9 Å². The van der Waals surface area contributed by atoms with Gasteiger partial charge in [0.2, 0.25) is 0 Å². The Hall–Kier alpha value is -3.60. The first-order chi connectivity index (χ1) is 15.8. The standard InChI is InChI=1S/C22H15F4N5OS/c23-16-6-4-13(5-7-16)21(32)30-8-9-31-18(11-30)28-29-19(31)17-12-33-20(27-17)14-2-1-3-15(10-14)22(24,25)26/h1-7,10,12H,8-9,11H2. The molecule has 1 aliphatic heterocycles. The summed E-state index contributed by atoms with van der Waals surface area (Å²) in [7, 11) is 0. The summed E-state index contributed by atoms with van der Waals surface area (Å²) in [5.41, 5.74) is 0.525. The van der Waals surface area contributed by atoms with Crippen LogP contribution >= 0.6 is 11.3 Å². The zero-order chi connectivity index (χ0) is 23.2. The van der Waals surface area contributed by atoms with E-state index >= 15 is 0 Å². The zero-order valence-corrected chi connectivity index (χ0v) is 17.7. The van der Waals surface area contributed by atoms with Crippen LogP contribution in [-0.4, -0.2) is 37.1 Å². The summed E-state index contributed by atoms with van der Waals surface area (Å²) in [4.78, 5) is 18.8. The van der Waals surface area contributed by atoms with E-state index in [-0.39, 0.29) is 12.5 Å². The number of nitrogens with zero attached hydrogens (tertiary/aromatic N) is 5. The number of halogens is 4. The maximum Gasteiger partial charge on any atom is 0.416 e. The second kappa shape index (κ2) is 8.07. The lowest BCUT2D eigenvalue weighted by Gasteiger charge is -2.27. The van der Waals surface area contributed by atoms with E-state index < -0.39 is 17.6 Å². The van der Waals surface area contributed by atoms with Crippen molar-refractivity contribution in [3.05, 3.63) is 76.7 Å². The maximum atomic E-state index is 13.1. The fourth-order valence-electron chi connectivity index (χ4n) is 3.63. The minimum Gasteiger partial charge on any atom is -0.329 e. The quantitative estimate of drug-likeness (QED) is 0.398. The SMILES string of the molecule is O=C(c1ccc(F)cc1)N1CCn2c(nnc2-c2csc(-c3cccc(C(F)(F)F)c3)n2)C1. The van der Waals surface area contributed by atoms with Crippen LogP contribution in [0.5, 0.6) is 0 Å². The third kappa shape index (κ3) is 4.11. The van der Waals surface area contributed by atoms with Gasteiger partial charge in [-0.2, -0.15) is 13.2 Å². The Kier molecular flexibility index (Phi) is 5.20. The van der Waals surface area contributed by atoms with Gasteiger partial charge in [0.25, 0.3) is 5.91 Å². The van der Waals surface area contributed by atoms with Gasteiger partial charge in [-0.3, -0.25) is 4.79 Å². The van der Waals surface area contributed by atoms with Crippen molar-refractivity contribution in [2.75, 3.05) is 6.54 Å². The topological polar surface area (TPSA) is 63.9 Å². The molecule has 168 valence electrons. The molecule has 0 unspecified atom stereocenters. The Morgan fingerprint density at radius 2 is 1.82 bits per heavy atom. The van der Waals surface area contributed by atoms with Gasteiger partial charge in [-0.25, -0.2) is 9.37 Å². The lowest BCUT2D eigenvalue weighted by atomic mass is 10.1. The highest BCUT2D eigenvalue weighted by molar-refractivity contribution is 7.13. The van der Waals surface area contributed by atoms with Crippen LogP contribution in [0.25, 0.3) is 22.1 Å². The van der Waals surface area contributed by atoms with Gasteiger partial charge in [0.15, 0.2) is 11.6 Å². The van der Waals surface area contributed by atoms with E-state index in [1.54, 1.807) is 16.3 Å². The minimum absolute atomic E-state index is 0.230. The summed E-state index contributed by atoms with van der Waals surface area (Å²) in [5, 5.41) is 10.5. The van der Waals surface area contributed by atoms with Crippen LogP contribution in [0.4, 0.5) is 17.6 Å². The first-order valence-corrected chi connectivity index (χ1v) is 10.8. The van der Waals surface area contributed by atoms with Gasteiger partial charge in [0, 0.05) is 29.6 Å². The number of thiazole rings is 1. The predicted molar refractivity (Wildman–Crippen MR) is 113 cm³/mol. The van der Waals surface area contributed by atoms with Crippen molar-refractivity contribution < 1.29 is 22.4 Å². The molecule has 0 aliphatic carbocycles. The highest BCUT2D eigenvalue weighted by atomic mass is 32.1. The molecular weight excluding hydrogens is 458 g/mol. The summed E-state index contributed by atoms with van der Waals surface area (Å²) < 4.78 is 54.1. The fourth-order valence-corrected chi connectivity index (χ4v) is 4.43. The molecule has 0 N–H and O–H groups in total. The predicted octanol–water partition coefficient (Wildman–Crippen LogP) is 4.88. The molecule has 0 atom stereocenters. The lowest BCUT2D eigenvalue weighted by Crippen LogP contribution is -2.38. The summed E-state index contributed by atoms with van der Waals surface area (Å²) in [5.74, 6) is 0.419. The number of hydrogen-bond acceptors (Lipinski definition) is 5. The summed E-state index contributed by atoms with van der Waals surface area (Å²) >= 11 is 1.22. The molecule has 0 saturated heterocycles. The Bertz CT molecular complexity index is 1330. The van der Waals surface area contributed by atoms with Crippen LogP contribution < -0.4 is 0 Å². The highest BCUT2D eigenvalue weighted by Crippen LogP contribution is 2.34. The molecule has 1 amide bonds. The van der Waals surface area contributed by atoms with Gasteiger partial charge in [0.1, 0.15) is 16.5 Å². The molecule has 1 aliphatic rings. The van der Waals surface area contributed by atoms with E-state index in [0.717, 1.165) is 12.1 Å². The lowest BCUT2D eigenvalue weighted by molar-refractivity contribution is -0.137.